The molecule has 1 rings (SSSR count). The summed E-state index contributed by atoms with van der Waals surface area (Å²) < 4.78 is 8.08. The van der Waals surface area contributed by atoms with E-state index in [9.17, 15) is 14.4 Å². The Balaban J connectivity index is 2.54. The molecular weight excluding hydrogens is 152 g/mol. The van der Waals surface area contributed by atoms with Crippen LogP contribution < -0.4 is 0 Å². The van der Waals surface area contributed by atoms with Gasteiger partial charge in [0.2, 0.25) is 0 Å². The Morgan fingerprint density at radius 1 is 0.909 bits per heavy atom. The van der Waals surface area contributed by atoms with E-state index < -0.39 is 18.1 Å². The number of hydrogen-bond donors (Lipinski definition) is 0. The zero-order chi connectivity index (χ0) is 8.27. The van der Waals surface area contributed by atoms with Gasteiger partial charge in [0.05, 0.1) is 0 Å². The van der Waals surface area contributed by atoms with E-state index in [-0.39, 0.29) is 12.8 Å². The molecule has 5 nitrogen and oxygen atoms in total. The maximum Gasteiger partial charge on any atom is 0.524 e. The molecule has 5 heteroatoms. The summed E-state index contributed by atoms with van der Waals surface area (Å²) in [5, 5.41) is 0. The molecule has 0 aromatic carbocycles. The highest BCUT2D eigenvalue weighted by Gasteiger charge is 2.19. The summed E-state index contributed by atoms with van der Waals surface area (Å²) in [7, 11) is 0. The van der Waals surface area contributed by atoms with Crippen LogP contribution in [0.25, 0.3) is 0 Å². The number of rotatable bonds is 0. The van der Waals surface area contributed by atoms with Gasteiger partial charge in [0.25, 0.3) is 0 Å². The van der Waals surface area contributed by atoms with Gasteiger partial charge in [0.15, 0.2) is 0 Å². The van der Waals surface area contributed by atoms with Gasteiger partial charge >= 0.3 is 18.1 Å². The quantitative estimate of drug-likeness (QED) is 0.376. The van der Waals surface area contributed by atoms with E-state index in [4.69, 9.17) is 0 Å². The molecule has 0 bridgehead atoms. The van der Waals surface area contributed by atoms with E-state index in [1.54, 1.807) is 0 Å². The molecule has 1 aliphatic heterocycles. The number of cyclic esters (lactones) is 4. The molecule has 11 heavy (non-hydrogen) atoms. The maximum atomic E-state index is 10.5. The van der Waals surface area contributed by atoms with Crippen molar-refractivity contribution in [3.05, 3.63) is 0 Å². The van der Waals surface area contributed by atoms with Gasteiger partial charge in [-0.05, 0) is 6.42 Å². The number of esters is 2. The summed E-state index contributed by atoms with van der Waals surface area (Å²) in [4.78, 5) is 31.4. The van der Waals surface area contributed by atoms with Crippen molar-refractivity contribution in [2.24, 2.45) is 0 Å². The van der Waals surface area contributed by atoms with Crippen LogP contribution in [-0.2, 0) is 19.1 Å². The van der Waals surface area contributed by atoms with Crippen molar-refractivity contribution in [1.82, 2.24) is 0 Å². The van der Waals surface area contributed by atoms with Crippen LogP contribution in [-0.4, -0.2) is 18.1 Å². The highest BCUT2D eigenvalue weighted by atomic mass is 16.8. The lowest BCUT2D eigenvalue weighted by atomic mass is 10.2. The van der Waals surface area contributed by atoms with Crippen molar-refractivity contribution in [3.63, 3.8) is 0 Å². The van der Waals surface area contributed by atoms with Crippen LogP contribution in [0.3, 0.4) is 0 Å². The number of ether oxygens (including phenoxy) is 2. The second-order valence-electron chi connectivity index (χ2n) is 2.05. The minimum Gasteiger partial charge on any atom is -0.360 e. The molecule has 60 valence electrons. The maximum absolute atomic E-state index is 10.5. The van der Waals surface area contributed by atoms with Gasteiger partial charge in [0.1, 0.15) is 0 Å². The molecule has 0 N–H and O–H groups in total. The lowest BCUT2D eigenvalue weighted by Crippen LogP contribution is -2.20. The number of carbonyl (C=O) groups excluding carboxylic acids is 3. The molecule has 0 aromatic heterocycles. The standard InChI is InChI=1S/C6H6O5/c7-4-2-1-3-5(8)11-6(9)10-4/h1-3H2. The predicted molar refractivity (Wildman–Crippen MR) is 31.4 cm³/mol. The van der Waals surface area contributed by atoms with Gasteiger partial charge in [0, 0.05) is 12.8 Å². The minimum absolute atomic E-state index is 0.0842. The average Bonchev–Trinajstić information content (AvgIpc) is 1.83. The molecule has 1 fully saturated rings. The first-order valence-electron chi connectivity index (χ1n) is 3.14. The lowest BCUT2D eigenvalue weighted by Gasteiger charge is -2.06. The first-order chi connectivity index (χ1) is 5.18. The van der Waals surface area contributed by atoms with Gasteiger partial charge in [-0.25, -0.2) is 4.79 Å². The SMILES string of the molecule is O=C1CCCC(=O)OC(=O)O1. The predicted octanol–water partition coefficient (Wildman–Crippen LogP) is 0.377. The van der Waals surface area contributed by atoms with E-state index in [0.29, 0.717) is 6.42 Å². The van der Waals surface area contributed by atoms with Crippen LogP contribution in [0.15, 0.2) is 0 Å². The highest BCUT2D eigenvalue weighted by Crippen LogP contribution is 2.05. The minimum atomic E-state index is -1.22. The third kappa shape index (κ3) is 2.37. The van der Waals surface area contributed by atoms with Crippen molar-refractivity contribution in [1.29, 1.82) is 0 Å². The van der Waals surface area contributed by atoms with Crippen LogP contribution in [0.5, 0.6) is 0 Å². The Labute approximate surface area is 62.3 Å². The molecule has 0 spiro atoms. The van der Waals surface area contributed by atoms with Gasteiger partial charge in [-0.1, -0.05) is 0 Å². The average molecular weight is 158 g/mol. The van der Waals surface area contributed by atoms with E-state index in [1.165, 1.54) is 0 Å². The fraction of sp³-hybridized carbons (Fsp3) is 0.500. The Morgan fingerprint density at radius 3 is 1.82 bits per heavy atom. The number of hydrogen-bond acceptors (Lipinski definition) is 5. The Hall–Kier alpha value is -1.39. The third-order valence-corrected chi connectivity index (χ3v) is 1.16. The topological polar surface area (TPSA) is 69.7 Å². The molecule has 1 saturated heterocycles. The summed E-state index contributed by atoms with van der Waals surface area (Å²) in [6.07, 6.45) is -0.688. The molecule has 0 unspecified atom stereocenters. The van der Waals surface area contributed by atoms with Crippen LogP contribution in [0.4, 0.5) is 4.79 Å². The van der Waals surface area contributed by atoms with Gasteiger partial charge < -0.3 is 9.47 Å². The van der Waals surface area contributed by atoms with Gasteiger partial charge in [-0.3, -0.25) is 9.59 Å². The molecule has 0 saturated carbocycles. The van der Waals surface area contributed by atoms with E-state index >= 15 is 0 Å². The first-order valence-corrected chi connectivity index (χ1v) is 3.14. The smallest absolute Gasteiger partial charge is 0.360 e. The van der Waals surface area contributed by atoms with Crippen LogP contribution in [0.2, 0.25) is 0 Å². The first kappa shape index (κ1) is 7.71. The van der Waals surface area contributed by atoms with E-state index in [1.807, 2.05) is 0 Å². The summed E-state index contributed by atoms with van der Waals surface area (Å²) in [6, 6.07) is 0. The summed E-state index contributed by atoms with van der Waals surface area (Å²) in [5.74, 6) is -1.30. The van der Waals surface area contributed by atoms with Crippen molar-refractivity contribution in [2.75, 3.05) is 0 Å². The second-order valence-corrected chi connectivity index (χ2v) is 2.05. The van der Waals surface area contributed by atoms with Gasteiger partial charge in [-0.2, -0.15) is 0 Å². The van der Waals surface area contributed by atoms with Crippen molar-refractivity contribution < 1.29 is 23.9 Å². The lowest BCUT2D eigenvalue weighted by molar-refractivity contribution is -0.149. The monoisotopic (exact) mass is 158 g/mol. The van der Waals surface area contributed by atoms with Crippen molar-refractivity contribution >= 4 is 18.1 Å². The number of carbonyl (C=O) groups is 3. The van der Waals surface area contributed by atoms with E-state index in [2.05, 4.69) is 9.47 Å². The summed E-state index contributed by atoms with van der Waals surface area (Å²) in [6.45, 7) is 0. The molecule has 0 radical (unpaired) electrons. The molecule has 1 heterocycles. The zero-order valence-electron chi connectivity index (χ0n) is 5.66. The van der Waals surface area contributed by atoms with Crippen LogP contribution in [0, 0.1) is 0 Å². The molecule has 1 aliphatic rings. The molecule has 0 atom stereocenters. The Morgan fingerprint density at radius 2 is 1.36 bits per heavy atom. The highest BCUT2D eigenvalue weighted by molar-refractivity contribution is 5.89. The van der Waals surface area contributed by atoms with Crippen LogP contribution in [0.1, 0.15) is 19.3 Å². The normalized spacial score (nSPS) is 19.8. The Kier molecular flexibility index (Phi) is 2.20. The van der Waals surface area contributed by atoms with Crippen molar-refractivity contribution in [2.45, 2.75) is 19.3 Å². The Bertz CT molecular complexity index is 187. The second kappa shape index (κ2) is 3.14. The molecule has 0 amide bonds. The zero-order valence-corrected chi connectivity index (χ0v) is 5.66. The van der Waals surface area contributed by atoms with Crippen molar-refractivity contribution in [3.8, 4) is 0 Å². The molecule has 0 aromatic rings. The summed E-state index contributed by atoms with van der Waals surface area (Å²) in [5.41, 5.74) is 0. The van der Waals surface area contributed by atoms with Gasteiger partial charge in [-0.15, -0.1) is 0 Å². The fourth-order valence-corrected chi connectivity index (χ4v) is 0.686. The van der Waals surface area contributed by atoms with Crippen LogP contribution >= 0.6 is 0 Å². The fourth-order valence-electron chi connectivity index (χ4n) is 0.686. The molecular formula is C6H6O5. The summed E-state index contributed by atoms with van der Waals surface area (Å²) >= 11 is 0. The largest absolute Gasteiger partial charge is 0.524 e. The van der Waals surface area contributed by atoms with E-state index in [0.717, 1.165) is 0 Å². The third-order valence-electron chi connectivity index (χ3n) is 1.16. The molecule has 0 aliphatic carbocycles.